The molecule has 0 N–H and O–H groups in total. The number of hydrogen-bond donors (Lipinski definition) is 0. The van der Waals surface area contributed by atoms with Gasteiger partial charge >= 0.3 is 0 Å². The highest BCUT2D eigenvalue weighted by molar-refractivity contribution is 5.77. The SMILES string of the molecule is O=C(CC1CN(c2ccccc2)CC[N]1)N1CCCC1. The number of hydrogen-bond acceptors (Lipinski definition) is 2. The van der Waals surface area contributed by atoms with Gasteiger partial charge in [-0.3, -0.25) is 4.79 Å². The lowest BCUT2D eigenvalue weighted by atomic mass is 10.1. The van der Waals surface area contributed by atoms with Crippen molar-refractivity contribution < 1.29 is 4.79 Å². The Morgan fingerprint density at radius 3 is 2.65 bits per heavy atom. The minimum atomic E-state index is 0.150. The number of carbonyl (C=O) groups excluding carboxylic acids is 1. The minimum absolute atomic E-state index is 0.150. The molecule has 0 bridgehead atoms. The molecule has 107 valence electrons. The molecule has 2 aliphatic heterocycles. The van der Waals surface area contributed by atoms with Gasteiger partial charge in [0.1, 0.15) is 0 Å². The zero-order chi connectivity index (χ0) is 13.8. The van der Waals surface area contributed by atoms with Crippen LogP contribution in [0.1, 0.15) is 19.3 Å². The summed E-state index contributed by atoms with van der Waals surface area (Å²) >= 11 is 0. The molecule has 2 saturated heterocycles. The van der Waals surface area contributed by atoms with Crippen LogP contribution in [0, 0.1) is 0 Å². The number of amides is 1. The van der Waals surface area contributed by atoms with E-state index in [1.807, 2.05) is 11.0 Å². The lowest BCUT2D eigenvalue weighted by molar-refractivity contribution is -0.130. The molecular formula is C16H22N3O. The summed E-state index contributed by atoms with van der Waals surface area (Å²) in [5.74, 6) is 0.283. The van der Waals surface area contributed by atoms with Crippen molar-refractivity contribution in [3.05, 3.63) is 30.3 Å². The van der Waals surface area contributed by atoms with Crippen LogP contribution in [0.2, 0.25) is 0 Å². The highest BCUT2D eigenvalue weighted by Gasteiger charge is 2.26. The zero-order valence-electron chi connectivity index (χ0n) is 11.9. The average molecular weight is 272 g/mol. The van der Waals surface area contributed by atoms with Crippen molar-refractivity contribution in [1.29, 1.82) is 0 Å². The van der Waals surface area contributed by atoms with Gasteiger partial charge in [-0.1, -0.05) is 18.2 Å². The van der Waals surface area contributed by atoms with Crippen LogP contribution in [-0.2, 0) is 4.79 Å². The predicted octanol–water partition coefficient (Wildman–Crippen LogP) is 1.49. The number of carbonyl (C=O) groups is 1. The summed E-state index contributed by atoms with van der Waals surface area (Å²) in [6, 6.07) is 10.6. The molecule has 0 aromatic heterocycles. The summed E-state index contributed by atoms with van der Waals surface area (Å²) in [5.41, 5.74) is 1.24. The van der Waals surface area contributed by atoms with E-state index < -0.39 is 0 Å². The Morgan fingerprint density at radius 2 is 1.90 bits per heavy atom. The Balaban J connectivity index is 1.56. The number of piperazine rings is 1. The Bertz CT molecular complexity index is 442. The summed E-state index contributed by atoms with van der Waals surface area (Å²) < 4.78 is 0. The molecule has 4 nitrogen and oxygen atoms in total. The maximum absolute atomic E-state index is 12.2. The van der Waals surface area contributed by atoms with Crippen LogP contribution in [0.3, 0.4) is 0 Å². The molecule has 3 rings (SSSR count). The van der Waals surface area contributed by atoms with E-state index in [1.165, 1.54) is 5.69 Å². The second-order valence-corrected chi connectivity index (χ2v) is 5.63. The lowest BCUT2D eigenvalue weighted by Gasteiger charge is -2.34. The fourth-order valence-electron chi connectivity index (χ4n) is 3.06. The van der Waals surface area contributed by atoms with Gasteiger partial charge in [0, 0.05) is 44.8 Å². The molecule has 2 fully saturated rings. The van der Waals surface area contributed by atoms with Crippen molar-refractivity contribution >= 4 is 11.6 Å². The zero-order valence-corrected chi connectivity index (χ0v) is 11.9. The molecule has 2 aliphatic rings. The number of anilines is 1. The molecule has 1 amide bonds. The van der Waals surface area contributed by atoms with E-state index in [-0.39, 0.29) is 11.9 Å². The fourth-order valence-corrected chi connectivity index (χ4v) is 3.06. The maximum Gasteiger partial charge on any atom is 0.224 e. The van der Waals surface area contributed by atoms with E-state index in [0.717, 1.165) is 45.6 Å². The van der Waals surface area contributed by atoms with E-state index in [0.29, 0.717) is 6.42 Å². The molecule has 20 heavy (non-hydrogen) atoms. The normalized spacial score (nSPS) is 23.1. The van der Waals surface area contributed by atoms with Gasteiger partial charge in [-0.05, 0) is 25.0 Å². The van der Waals surface area contributed by atoms with E-state index >= 15 is 0 Å². The second kappa shape index (κ2) is 6.27. The summed E-state index contributed by atoms with van der Waals surface area (Å²) in [5, 5.41) is 4.63. The second-order valence-electron chi connectivity index (χ2n) is 5.63. The third kappa shape index (κ3) is 3.12. The first-order valence-corrected chi connectivity index (χ1v) is 7.57. The molecule has 1 aromatic carbocycles. The number of benzene rings is 1. The topological polar surface area (TPSA) is 37.7 Å². The van der Waals surface area contributed by atoms with E-state index in [2.05, 4.69) is 34.5 Å². The minimum Gasteiger partial charge on any atom is -0.369 e. The van der Waals surface area contributed by atoms with Crippen molar-refractivity contribution in [2.24, 2.45) is 0 Å². The van der Waals surface area contributed by atoms with Crippen LogP contribution in [-0.4, -0.2) is 49.6 Å². The fraction of sp³-hybridized carbons (Fsp3) is 0.562. The average Bonchev–Trinajstić information content (AvgIpc) is 3.03. The Kier molecular flexibility index (Phi) is 4.21. The standard InChI is InChI=1S/C16H22N3O/c20-16(18-9-4-5-10-18)12-14-13-19(11-8-17-14)15-6-2-1-3-7-15/h1-3,6-7,14H,4-5,8-13H2. The van der Waals surface area contributed by atoms with Crippen LogP contribution in [0.4, 0.5) is 5.69 Å². The van der Waals surface area contributed by atoms with Crippen molar-refractivity contribution in [2.75, 3.05) is 37.6 Å². The Hall–Kier alpha value is -1.55. The Morgan fingerprint density at radius 1 is 1.15 bits per heavy atom. The lowest BCUT2D eigenvalue weighted by Crippen LogP contribution is -2.49. The molecular weight excluding hydrogens is 250 g/mol. The van der Waals surface area contributed by atoms with E-state index in [9.17, 15) is 4.79 Å². The molecule has 1 radical (unpaired) electrons. The van der Waals surface area contributed by atoms with Crippen LogP contribution in [0.5, 0.6) is 0 Å². The first kappa shape index (κ1) is 13.4. The first-order chi connectivity index (χ1) is 9.83. The van der Waals surface area contributed by atoms with Gasteiger partial charge in [0.25, 0.3) is 0 Å². The number of nitrogens with zero attached hydrogens (tertiary/aromatic N) is 3. The maximum atomic E-state index is 12.2. The van der Waals surface area contributed by atoms with E-state index in [1.54, 1.807) is 0 Å². The summed E-state index contributed by atoms with van der Waals surface area (Å²) in [7, 11) is 0. The van der Waals surface area contributed by atoms with Crippen LogP contribution in [0.15, 0.2) is 30.3 Å². The molecule has 0 saturated carbocycles. The van der Waals surface area contributed by atoms with Gasteiger partial charge in [-0.25, -0.2) is 5.32 Å². The molecule has 2 heterocycles. The smallest absolute Gasteiger partial charge is 0.224 e. The number of likely N-dealkylation sites (tertiary alicyclic amines) is 1. The molecule has 4 heteroatoms. The summed E-state index contributed by atoms with van der Waals surface area (Å²) in [6.07, 6.45) is 2.89. The molecule has 1 atom stereocenters. The third-order valence-corrected chi connectivity index (χ3v) is 4.18. The third-order valence-electron chi connectivity index (χ3n) is 4.18. The largest absolute Gasteiger partial charge is 0.369 e. The van der Waals surface area contributed by atoms with Gasteiger partial charge in [0.2, 0.25) is 5.91 Å². The van der Waals surface area contributed by atoms with Crippen LogP contribution in [0.25, 0.3) is 0 Å². The summed E-state index contributed by atoms with van der Waals surface area (Å²) in [4.78, 5) is 16.5. The van der Waals surface area contributed by atoms with Crippen molar-refractivity contribution in [1.82, 2.24) is 10.2 Å². The molecule has 1 aromatic rings. The van der Waals surface area contributed by atoms with Gasteiger partial charge in [-0.15, -0.1) is 0 Å². The van der Waals surface area contributed by atoms with Crippen molar-refractivity contribution in [3.63, 3.8) is 0 Å². The van der Waals surface area contributed by atoms with Crippen molar-refractivity contribution in [2.45, 2.75) is 25.3 Å². The Labute approximate surface area is 120 Å². The van der Waals surface area contributed by atoms with Gasteiger partial charge in [-0.2, -0.15) is 0 Å². The molecule has 1 unspecified atom stereocenters. The molecule has 0 spiro atoms. The van der Waals surface area contributed by atoms with Crippen molar-refractivity contribution in [3.8, 4) is 0 Å². The summed E-state index contributed by atoms with van der Waals surface area (Å²) in [6.45, 7) is 4.52. The predicted molar refractivity (Wildman–Crippen MR) is 79.9 cm³/mol. The highest BCUT2D eigenvalue weighted by Crippen LogP contribution is 2.18. The highest BCUT2D eigenvalue weighted by atomic mass is 16.2. The monoisotopic (exact) mass is 272 g/mol. The molecule has 0 aliphatic carbocycles. The van der Waals surface area contributed by atoms with Gasteiger partial charge < -0.3 is 9.80 Å². The van der Waals surface area contributed by atoms with Crippen LogP contribution < -0.4 is 10.2 Å². The number of para-hydroxylation sites is 1. The van der Waals surface area contributed by atoms with Gasteiger partial charge in [0.05, 0.1) is 6.04 Å². The van der Waals surface area contributed by atoms with Gasteiger partial charge in [0.15, 0.2) is 0 Å². The number of rotatable bonds is 3. The van der Waals surface area contributed by atoms with Crippen LogP contribution >= 0.6 is 0 Å². The first-order valence-electron chi connectivity index (χ1n) is 7.57. The quantitative estimate of drug-likeness (QED) is 0.836. The van der Waals surface area contributed by atoms with E-state index in [4.69, 9.17) is 0 Å².